The molecule has 0 atom stereocenters. The van der Waals surface area contributed by atoms with Gasteiger partial charge in [0.15, 0.2) is 0 Å². The Hall–Kier alpha value is -3.64. The predicted molar refractivity (Wildman–Crippen MR) is 457 cm³/mol. The number of allylic oxidation sites excluding steroid dienone is 16. The zero-order valence-corrected chi connectivity index (χ0v) is 70.0. The SMILES string of the molecule is CCCCC/C=C/CCCc1cc(/N=C/C(CCCC)=N/c2cc(CCC/C=C/CCCCC)c(CCC/C=C/CCCCC)c(CCC/C=C/CCCCC)c2CCC/C=C/CCCCC)c(CCC/C=C/CCCCC)c(CCC/C=C/CCCCC)c1CCC/C=C/CCCCC.[Pd+2]. The van der Waals surface area contributed by atoms with Gasteiger partial charge in [-0.1, -0.05) is 269 Å². The van der Waals surface area contributed by atoms with Crippen molar-refractivity contribution >= 4 is 23.3 Å². The van der Waals surface area contributed by atoms with Gasteiger partial charge >= 0.3 is 20.4 Å². The van der Waals surface area contributed by atoms with E-state index in [2.05, 4.69) is 178 Å². The molecule has 0 amide bonds. The first-order valence-electron chi connectivity index (χ1n) is 44.1. The van der Waals surface area contributed by atoms with Crippen LogP contribution in [-0.4, -0.2) is 11.9 Å². The Morgan fingerprint density at radius 2 is 0.436 bits per heavy atom. The van der Waals surface area contributed by atoms with Crippen LogP contribution < -0.4 is 0 Å². The van der Waals surface area contributed by atoms with Gasteiger partial charge in [0.25, 0.3) is 0 Å². The normalized spacial score (nSPS) is 12.6. The van der Waals surface area contributed by atoms with Crippen LogP contribution in [0.25, 0.3) is 0 Å². The summed E-state index contributed by atoms with van der Waals surface area (Å²) in [6.45, 7) is 21.0. The Morgan fingerprint density at radius 1 is 0.228 bits per heavy atom. The van der Waals surface area contributed by atoms with Crippen molar-refractivity contribution in [2.45, 2.75) is 441 Å². The van der Waals surface area contributed by atoms with Crippen LogP contribution in [0.5, 0.6) is 0 Å². The van der Waals surface area contributed by atoms with E-state index >= 15 is 0 Å². The van der Waals surface area contributed by atoms with Gasteiger partial charge in [0, 0.05) is 6.21 Å². The molecule has 0 aliphatic heterocycles. The summed E-state index contributed by atoms with van der Waals surface area (Å²) in [5, 5.41) is 0. The number of benzene rings is 2. The molecule has 0 unspecified atom stereocenters. The van der Waals surface area contributed by atoms with Crippen LogP contribution in [0, 0.1) is 0 Å². The first-order chi connectivity index (χ1) is 49.5. The van der Waals surface area contributed by atoms with Gasteiger partial charge in [-0.05, 0) is 326 Å². The van der Waals surface area contributed by atoms with Crippen molar-refractivity contribution in [3.8, 4) is 0 Å². The van der Waals surface area contributed by atoms with Crippen LogP contribution >= 0.6 is 0 Å². The molecule has 0 fully saturated rings. The Balaban J connectivity index is 0.0000510. The van der Waals surface area contributed by atoms with Gasteiger partial charge in [0.05, 0.1) is 17.1 Å². The van der Waals surface area contributed by atoms with E-state index in [1.54, 1.807) is 38.9 Å². The van der Waals surface area contributed by atoms with Crippen molar-refractivity contribution in [1.82, 2.24) is 0 Å². The topological polar surface area (TPSA) is 24.7 Å². The zero-order valence-electron chi connectivity index (χ0n) is 68.4. The fraction of sp³-hybridized carbons (Fsp3) is 0.694. The summed E-state index contributed by atoms with van der Waals surface area (Å²) in [6, 6.07) is 5.28. The molecule has 0 saturated carbocycles. The van der Waals surface area contributed by atoms with Gasteiger partial charge in [-0.3, -0.25) is 9.98 Å². The predicted octanol–water partition coefficient (Wildman–Crippen LogP) is 33.0. The van der Waals surface area contributed by atoms with Crippen molar-refractivity contribution in [2.24, 2.45) is 9.98 Å². The number of hydrogen-bond donors (Lipinski definition) is 0. The Kier molecular flexibility index (Phi) is 69.2. The van der Waals surface area contributed by atoms with Crippen LogP contribution in [0.1, 0.15) is 434 Å². The van der Waals surface area contributed by atoms with Gasteiger partial charge in [-0.15, -0.1) is 0 Å². The van der Waals surface area contributed by atoms with Crippen LogP contribution in [-0.2, 0) is 71.8 Å². The molecule has 0 aliphatic rings. The summed E-state index contributed by atoms with van der Waals surface area (Å²) in [5.41, 5.74) is 16.5. The minimum absolute atomic E-state index is 0. The zero-order chi connectivity index (χ0) is 71.9. The summed E-state index contributed by atoms with van der Waals surface area (Å²) in [4.78, 5) is 12.0. The molecular weight excluding hydrogens is 1310 g/mol. The average Bonchev–Trinajstić information content (AvgIpc) is 0.799. The third-order valence-electron chi connectivity index (χ3n) is 20.4. The molecule has 574 valence electrons. The number of rotatable bonds is 70. The molecule has 0 N–H and O–H groups in total. The second kappa shape index (κ2) is 73.3. The largest absolute Gasteiger partial charge is 2.00 e. The maximum atomic E-state index is 6.10. The van der Waals surface area contributed by atoms with Gasteiger partial charge in [-0.2, -0.15) is 0 Å². The smallest absolute Gasteiger partial charge is 0.255 e. The van der Waals surface area contributed by atoms with E-state index in [1.807, 2.05) is 0 Å². The molecule has 0 radical (unpaired) electrons. The van der Waals surface area contributed by atoms with Gasteiger partial charge in [-0.25, -0.2) is 0 Å². The molecular formula is C98H164N2Pd+2. The Morgan fingerprint density at radius 3 is 0.693 bits per heavy atom. The maximum Gasteiger partial charge on any atom is 2.00 e. The first-order valence-corrected chi connectivity index (χ1v) is 44.1. The number of unbranched alkanes of at least 4 members (excludes halogenated alkanes) is 33. The van der Waals surface area contributed by atoms with Crippen molar-refractivity contribution < 1.29 is 20.4 Å². The van der Waals surface area contributed by atoms with E-state index < -0.39 is 0 Å². The second-order valence-electron chi connectivity index (χ2n) is 29.8. The molecule has 101 heavy (non-hydrogen) atoms. The van der Waals surface area contributed by atoms with Crippen molar-refractivity contribution in [3.63, 3.8) is 0 Å². The van der Waals surface area contributed by atoms with Gasteiger partial charge in [0.1, 0.15) is 0 Å². The maximum absolute atomic E-state index is 6.10. The van der Waals surface area contributed by atoms with Crippen molar-refractivity contribution in [2.75, 3.05) is 0 Å². The van der Waals surface area contributed by atoms with Crippen LogP contribution in [0.2, 0.25) is 0 Å². The number of nitrogens with zero attached hydrogens (tertiary/aromatic N) is 2. The molecule has 2 nitrogen and oxygen atoms in total. The van der Waals surface area contributed by atoms with Gasteiger partial charge < -0.3 is 0 Å². The van der Waals surface area contributed by atoms with Crippen LogP contribution in [0.3, 0.4) is 0 Å². The summed E-state index contributed by atoms with van der Waals surface area (Å²) in [5.74, 6) is 0. The molecule has 3 heteroatoms. The van der Waals surface area contributed by atoms with E-state index in [-0.39, 0.29) is 20.4 Å². The minimum atomic E-state index is 0. The standard InChI is InChI=1S/C98H164N2.Pd/c1-10-19-28-36-44-52-60-68-76-88-85-97(95(83-74-66-58-50-42-34-25-16-7)93(81-72-64-56-48-40-32-23-14-5)91(88)79-70-62-54-46-38-30-21-12-3)99-87-90(78-27-18-9)100-98-86-89(77-69-61-53-45-37-29-20-11-2)92(80-71-63-55-47-39-31-22-13-4)94(82-73-65-57-49-41-33-24-15-6)96(98)84-75-67-59-51-43-35-26-17-8;/h44-59,85-87H,10-43,60-84H2,1-9H3;/q;+2/b52-44+,53-45+,54-46+,55-47+,56-48+,57-49+,58-50+,59-51+,99-87+,100-90+;. The van der Waals surface area contributed by atoms with Crippen LogP contribution in [0.4, 0.5) is 11.4 Å². The molecule has 0 spiro atoms. The molecule has 0 saturated heterocycles. The molecule has 0 aliphatic carbocycles. The Labute approximate surface area is 644 Å². The third-order valence-corrected chi connectivity index (χ3v) is 20.4. The van der Waals surface area contributed by atoms with E-state index in [9.17, 15) is 0 Å². The fourth-order valence-electron chi connectivity index (χ4n) is 14.2. The van der Waals surface area contributed by atoms with E-state index in [0.29, 0.717) is 0 Å². The molecule has 2 aromatic carbocycles. The molecule has 0 aromatic heterocycles. The fourth-order valence-corrected chi connectivity index (χ4v) is 14.2. The number of hydrogen-bond acceptors (Lipinski definition) is 2. The quantitative estimate of drug-likeness (QED) is 0.0273. The molecule has 0 heterocycles. The van der Waals surface area contributed by atoms with E-state index in [0.717, 1.165) is 135 Å². The van der Waals surface area contributed by atoms with Crippen LogP contribution in [0.15, 0.2) is 119 Å². The minimum Gasteiger partial charge on any atom is -0.255 e. The van der Waals surface area contributed by atoms with Gasteiger partial charge in [0.2, 0.25) is 0 Å². The van der Waals surface area contributed by atoms with Crippen molar-refractivity contribution in [3.05, 3.63) is 154 Å². The molecule has 2 rings (SSSR count). The first kappa shape index (κ1) is 95.4. The average molecular weight is 1480 g/mol. The second-order valence-corrected chi connectivity index (χ2v) is 29.8. The monoisotopic (exact) mass is 1480 g/mol. The summed E-state index contributed by atoms with van der Waals surface area (Å²) in [6.07, 6.45) is 114. The summed E-state index contributed by atoms with van der Waals surface area (Å²) >= 11 is 0. The molecule has 2 aromatic rings. The number of aliphatic imine (C=N–C) groups is 2. The van der Waals surface area contributed by atoms with E-state index in [1.165, 1.54) is 267 Å². The molecule has 0 bridgehead atoms. The summed E-state index contributed by atoms with van der Waals surface area (Å²) < 4.78 is 0. The van der Waals surface area contributed by atoms with Crippen molar-refractivity contribution in [1.29, 1.82) is 0 Å². The summed E-state index contributed by atoms with van der Waals surface area (Å²) in [7, 11) is 0. The Bertz CT molecular complexity index is 2520. The third kappa shape index (κ3) is 51.3. The van der Waals surface area contributed by atoms with E-state index in [4.69, 9.17) is 9.98 Å². The number of aryl methyl sites for hydroxylation is 2.